The van der Waals surface area contributed by atoms with Crippen LogP contribution in [0.5, 0.6) is 0 Å². The SMILES string of the molecule is CCCNc1nc(-c2cccnc2)nc(C)c1C(C)C. The molecule has 0 aliphatic carbocycles. The lowest BCUT2D eigenvalue weighted by Gasteiger charge is -2.17. The van der Waals surface area contributed by atoms with Crippen LogP contribution in [0.25, 0.3) is 11.4 Å². The summed E-state index contributed by atoms with van der Waals surface area (Å²) < 4.78 is 0. The summed E-state index contributed by atoms with van der Waals surface area (Å²) in [7, 11) is 0. The van der Waals surface area contributed by atoms with Crippen molar-refractivity contribution in [2.45, 2.75) is 40.0 Å². The van der Waals surface area contributed by atoms with Gasteiger partial charge in [-0.1, -0.05) is 20.8 Å². The van der Waals surface area contributed by atoms with Crippen molar-refractivity contribution in [3.05, 3.63) is 35.8 Å². The molecule has 0 unspecified atom stereocenters. The maximum atomic E-state index is 4.70. The Balaban J connectivity index is 2.49. The average molecular weight is 270 g/mol. The Morgan fingerprint density at radius 3 is 2.65 bits per heavy atom. The summed E-state index contributed by atoms with van der Waals surface area (Å²) in [5.41, 5.74) is 3.18. The van der Waals surface area contributed by atoms with Crippen molar-refractivity contribution in [2.75, 3.05) is 11.9 Å². The minimum absolute atomic E-state index is 0.400. The lowest BCUT2D eigenvalue weighted by molar-refractivity contribution is 0.826. The van der Waals surface area contributed by atoms with Gasteiger partial charge in [0.05, 0.1) is 0 Å². The van der Waals surface area contributed by atoms with E-state index in [0.29, 0.717) is 5.92 Å². The van der Waals surface area contributed by atoms with Gasteiger partial charge in [-0.15, -0.1) is 0 Å². The standard InChI is InChI=1S/C16H22N4/c1-5-8-18-16-14(11(2)3)12(4)19-15(20-16)13-7-6-9-17-10-13/h6-7,9-11H,5,8H2,1-4H3,(H,18,19,20). The van der Waals surface area contributed by atoms with E-state index in [9.17, 15) is 0 Å². The maximum absolute atomic E-state index is 4.70. The van der Waals surface area contributed by atoms with Crippen LogP contribution in [-0.4, -0.2) is 21.5 Å². The fourth-order valence-electron chi connectivity index (χ4n) is 2.28. The van der Waals surface area contributed by atoms with Gasteiger partial charge in [0.1, 0.15) is 5.82 Å². The van der Waals surface area contributed by atoms with Crippen LogP contribution in [0.15, 0.2) is 24.5 Å². The molecule has 0 atom stereocenters. The van der Waals surface area contributed by atoms with Crippen molar-refractivity contribution in [2.24, 2.45) is 0 Å². The second-order valence-corrected chi connectivity index (χ2v) is 5.22. The molecule has 0 aliphatic heterocycles. The molecule has 0 saturated heterocycles. The monoisotopic (exact) mass is 270 g/mol. The van der Waals surface area contributed by atoms with E-state index in [0.717, 1.165) is 35.9 Å². The van der Waals surface area contributed by atoms with Crippen molar-refractivity contribution >= 4 is 5.82 Å². The zero-order valence-electron chi connectivity index (χ0n) is 12.6. The van der Waals surface area contributed by atoms with Gasteiger partial charge in [0.15, 0.2) is 5.82 Å². The first kappa shape index (κ1) is 14.4. The van der Waals surface area contributed by atoms with Gasteiger partial charge in [-0.3, -0.25) is 4.98 Å². The molecule has 0 saturated carbocycles. The summed E-state index contributed by atoms with van der Waals surface area (Å²) in [6.45, 7) is 9.47. The molecule has 2 aromatic heterocycles. The second-order valence-electron chi connectivity index (χ2n) is 5.22. The predicted molar refractivity (Wildman–Crippen MR) is 82.9 cm³/mol. The topological polar surface area (TPSA) is 50.7 Å². The van der Waals surface area contributed by atoms with Crippen LogP contribution in [0.3, 0.4) is 0 Å². The lowest BCUT2D eigenvalue weighted by Crippen LogP contribution is -2.10. The number of hydrogen-bond acceptors (Lipinski definition) is 4. The Morgan fingerprint density at radius 1 is 1.25 bits per heavy atom. The van der Waals surface area contributed by atoms with Crippen LogP contribution in [0.4, 0.5) is 5.82 Å². The number of rotatable bonds is 5. The summed E-state index contributed by atoms with van der Waals surface area (Å²) in [5.74, 6) is 2.09. The van der Waals surface area contributed by atoms with Gasteiger partial charge in [0.25, 0.3) is 0 Å². The first-order chi connectivity index (χ1) is 9.63. The van der Waals surface area contributed by atoms with Gasteiger partial charge < -0.3 is 5.32 Å². The van der Waals surface area contributed by atoms with Crippen LogP contribution in [0.1, 0.15) is 44.4 Å². The van der Waals surface area contributed by atoms with Crippen molar-refractivity contribution in [3.8, 4) is 11.4 Å². The average Bonchev–Trinajstić information content (AvgIpc) is 2.45. The van der Waals surface area contributed by atoms with E-state index in [2.05, 4.69) is 36.1 Å². The molecule has 0 aliphatic rings. The number of hydrogen-bond donors (Lipinski definition) is 1. The fourth-order valence-corrected chi connectivity index (χ4v) is 2.28. The van der Waals surface area contributed by atoms with Crippen molar-refractivity contribution in [1.29, 1.82) is 0 Å². The molecule has 0 aromatic carbocycles. The second kappa shape index (κ2) is 6.46. The van der Waals surface area contributed by atoms with E-state index in [1.54, 1.807) is 12.4 Å². The molecule has 2 heterocycles. The molecule has 106 valence electrons. The Kier molecular flexibility index (Phi) is 4.66. The third-order valence-electron chi connectivity index (χ3n) is 3.18. The van der Waals surface area contributed by atoms with Crippen molar-refractivity contribution in [1.82, 2.24) is 15.0 Å². The number of aryl methyl sites for hydroxylation is 1. The highest BCUT2D eigenvalue weighted by molar-refractivity contribution is 5.59. The van der Waals surface area contributed by atoms with Crippen LogP contribution in [0.2, 0.25) is 0 Å². The number of nitrogens with zero attached hydrogens (tertiary/aromatic N) is 3. The summed E-state index contributed by atoms with van der Waals surface area (Å²) in [6.07, 6.45) is 4.63. The van der Waals surface area contributed by atoms with E-state index < -0.39 is 0 Å². The Morgan fingerprint density at radius 2 is 2.05 bits per heavy atom. The van der Waals surface area contributed by atoms with E-state index >= 15 is 0 Å². The van der Waals surface area contributed by atoms with Gasteiger partial charge in [-0.2, -0.15) is 0 Å². The Bertz CT molecular complexity index is 564. The minimum atomic E-state index is 0.400. The van der Waals surface area contributed by atoms with Gasteiger partial charge in [-0.25, -0.2) is 9.97 Å². The van der Waals surface area contributed by atoms with E-state index in [-0.39, 0.29) is 0 Å². The number of nitrogens with one attached hydrogen (secondary N) is 1. The van der Waals surface area contributed by atoms with E-state index in [1.165, 1.54) is 5.56 Å². The zero-order chi connectivity index (χ0) is 14.5. The summed E-state index contributed by atoms with van der Waals surface area (Å²) >= 11 is 0. The number of aromatic nitrogens is 3. The highest BCUT2D eigenvalue weighted by Gasteiger charge is 2.15. The van der Waals surface area contributed by atoms with Crippen LogP contribution in [-0.2, 0) is 0 Å². The quantitative estimate of drug-likeness (QED) is 0.898. The first-order valence-corrected chi connectivity index (χ1v) is 7.16. The molecular weight excluding hydrogens is 248 g/mol. The molecule has 4 heteroatoms. The lowest BCUT2D eigenvalue weighted by atomic mass is 10.0. The molecule has 2 aromatic rings. The fraction of sp³-hybridized carbons (Fsp3) is 0.438. The molecule has 0 spiro atoms. The van der Waals surface area contributed by atoms with Gasteiger partial charge in [0.2, 0.25) is 0 Å². The third-order valence-corrected chi connectivity index (χ3v) is 3.18. The number of anilines is 1. The first-order valence-electron chi connectivity index (χ1n) is 7.16. The van der Waals surface area contributed by atoms with E-state index in [4.69, 9.17) is 4.98 Å². The summed E-state index contributed by atoms with van der Waals surface area (Å²) in [4.78, 5) is 13.5. The van der Waals surface area contributed by atoms with E-state index in [1.807, 2.05) is 19.1 Å². The predicted octanol–water partition coefficient (Wildman–Crippen LogP) is 3.79. The molecule has 0 amide bonds. The van der Waals surface area contributed by atoms with Crippen LogP contribution < -0.4 is 5.32 Å². The zero-order valence-corrected chi connectivity index (χ0v) is 12.6. The van der Waals surface area contributed by atoms with Crippen LogP contribution in [0, 0.1) is 6.92 Å². The van der Waals surface area contributed by atoms with Crippen molar-refractivity contribution < 1.29 is 0 Å². The molecule has 0 radical (unpaired) electrons. The molecule has 0 bridgehead atoms. The normalized spacial score (nSPS) is 10.8. The Labute approximate surface area is 120 Å². The van der Waals surface area contributed by atoms with Gasteiger partial charge in [-0.05, 0) is 31.4 Å². The molecule has 20 heavy (non-hydrogen) atoms. The molecule has 4 nitrogen and oxygen atoms in total. The van der Waals surface area contributed by atoms with Crippen LogP contribution >= 0.6 is 0 Å². The Hall–Kier alpha value is -1.97. The maximum Gasteiger partial charge on any atom is 0.163 e. The molecule has 2 rings (SSSR count). The molecule has 0 fully saturated rings. The molecule has 1 N–H and O–H groups in total. The van der Waals surface area contributed by atoms with Gasteiger partial charge in [0, 0.05) is 35.8 Å². The minimum Gasteiger partial charge on any atom is -0.370 e. The van der Waals surface area contributed by atoms with Crippen molar-refractivity contribution in [3.63, 3.8) is 0 Å². The summed E-state index contributed by atoms with van der Waals surface area (Å²) in [6, 6.07) is 3.89. The smallest absolute Gasteiger partial charge is 0.163 e. The summed E-state index contributed by atoms with van der Waals surface area (Å²) in [5, 5.41) is 3.42. The highest BCUT2D eigenvalue weighted by Crippen LogP contribution is 2.27. The highest BCUT2D eigenvalue weighted by atomic mass is 15.0. The molecular formula is C16H22N4. The van der Waals surface area contributed by atoms with Gasteiger partial charge >= 0.3 is 0 Å². The largest absolute Gasteiger partial charge is 0.370 e. The number of pyridine rings is 1. The third kappa shape index (κ3) is 3.13.